The maximum atomic E-state index is 8.75. The summed E-state index contributed by atoms with van der Waals surface area (Å²) < 4.78 is 5.38. The summed E-state index contributed by atoms with van der Waals surface area (Å²) in [5.41, 5.74) is 1.46. The highest BCUT2D eigenvalue weighted by Gasteiger charge is 1.99. The van der Waals surface area contributed by atoms with E-state index in [4.69, 9.17) is 10.00 Å². The molecule has 0 saturated carbocycles. The van der Waals surface area contributed by atoms with Crippen molar-refractivity contribution in [1.29, 1.82) is 5.26 Å². The second-order valence-corrected chi connectivity index (χ2v) is 3.83. The Morgan fingerprint density at radius 2 is 2.05 bits per heavy atom. The van der Waals surface area contributed by atoms with Crippen LogP contribution in [0.5, 0.6) is 5.75 Å². The zero-order valence-electron chi connectivity index (χ0n) is 10.6. The Morgan fingerprint density at radius 1 is 1.26 bits per heavy atom. The monoisotopic (exact) mass is 254 g/mol. The fourth-order valence-electron chi connectivity index (χ4n) is 1.58. The minimum Gasteiger partial charge on any atom is -0.494 e. The third-order valence-corrected chi connectivity index (χ3v) is 2.49. The largest absolute Gasteiger partial charge is 0.494 e. The molecule has 0 aliphatic carbocycles. The first kappa shape index (κ1) is 12.8. The highest BCUT2D eigenvalue weighted by atomic mass is 16.5. The van der Waals surface area contributed by atoms with Crippen LogP contribution in [0.3, 0.4) is 0 Å². The minimum absolute atomic E-state index is 0.351. The van der Waals surface area contributed by atoms with E-state index >= 15 is 0 Å². The predicted octanol–water partition coefficient (Wildman–Crippen LogP) is 2.36. The zero-order chi connectivity index (χ0) is 13.5. The molecule has 1 N–H and O–H groups in total. The van der Waals surface area contributed by atoms with Gasteiger partial charge >= 0.3 is 0 Å². The fraction of sp³-hybridized carbons (Fsp3) is 0.214. The minimum atomic E-state index is 0.351. The Balaban J connectivity index is 1.96. The van der Waals surface area contributed by atoms with Gasteiger partial charge in [-0.2, -0.15) is 5.26 Å². The van der Waals surface area contributed by atoms with Crippen molar-refractivity contribution in [2.75, 3.05) is 11.9 Å². The number of hydrogen-bond acceptors (Lipinski definition) is 5. The molecule has 1 heterocycles. The smallest absolute Gasteiger partial charge is 0.145 e. The maximum absolute atomic E-state index is 8.75. The van der Waals surface area contributed by atoms with Crippen LogP contribution in [0, 0.1) is 11.3 Å². The Morgan fingerprint density at radius 3 is 2.74 bits per heavy atom. The van der Waals surface area contributed by atoms with Crippen molar-refractivity contribution in [2.45, 2.75) is 13.5 Å². The Labute approximate surface area is 111 Å². The van der Waals surface area contributed by atoms with Crippen LogP contribution < -0.4 is 10.1 Å². The molecule has 0 aliphatic rings. The lowest BCUT2D eigenvalue weighted by Gasteiger charge is -2.07. The maximum Gasteiger partial charge on any atom is 0.145 e. The number of nitrogens with one attached hydrogen (secondary N) is 1. The van der Waals surface area contributed by atoms with Crippen LogP contribution in [0.1, 0.15) is 18.2 Å². The van der Waals surface area contributed by atoms with Gasteiger partial charge in [-0.1, -0.05) is 12.1 Å². The van der Waals surface area contributed by atoms with Crippen molar-refractivity contribution in [1.82, 2.24) is 9.97 Å². The SMILES string of the molecule is CCOc1ccc(CNc2cc(C#N)ncn2)cc1. The molecule has 2 rings (SSSR count). The van der Waals surface area contributed by atoms with Gasteiger partial charge in [-0.05, 0) is 24.6 Å². The van der Waals surface area contributed by atoms with Crippen molar-refractivity contribution in [3.63, 3.8) is 0 Å². The summed E-state index contributed by atoms with van der Waals surface area (Å²) in [5.74, 6) is 1.50. The summed E-state index contributed by atoms with van der Waals surface area (Å²) in [6, 6.07) is 11.4. The molecule has 5 heteroatoms. The summed E-state index contributed by atoms with van der Waals surface area (Å²) in [6.45, 7) is 3.25. The molecule has 0 aliphatic heterocycles. The van der Waals surface area contributed by atoms with E-state index in [1.807, 2.05) is 37.3 Å². The van der Waals surface area contributed by atoms with E-state index < -0.39 is 0 Å². The number of hydrogen-bond donors (Lipinski definition) is 1. The van der Waals surface area contributed by atoms with Gasteiger partial charge < -0.3 is 10.1 Å². The molecule has 1 aromatic heterocycles. The molecule has 0 spiro atoms. The Hall–Kier alpha value is -2.61. The molecule has 1 aromatic carbocycles. The average molecular weight is 254 g/mol. The summed E-state index contributed by atoms with van der Waals surface area (Å²) in [7, 11) is 0. The lowest BCUT2D eigenvalue weighted by Crippen LogP contribution is -2.02. The van der Waals surface area contributed by atoms with Gasteiger partial charge in [0.2, 0.25) is 0 Å². The van der Waals surface area contributed by atoms with Gasteiger partial charge in [-0.15, -0.1) is 0 Å². The number of nitriles is 1. The van der Waals surface area contributed by atoms with Gasteiger partial charge in [0.15, 0.2) is 0 Å². The van der Waals surface area contributed by atoms with E-state index in [-0.39, 0.29) is 0 Å². The topological polar surface area (TPSA) is 70.8 Å². The van der Waals surface area contributed by atoms with Crippen LogP contribution in [0.15, 0.2) is 36.7 Å². The standard InChI is InChI=1S/C14H14N4O/c1-2-19-13-5-3-11(4-6-13)9-16-14-7-12(8-15)17-10-18-14/h3-7,10H,2,9H2,1H3,(H,16,17,18). The molecule has 96 valence electrons. The van der Waals surface area contributed by atoms with Gasteiger partial charge in [-0.3, -0.25) is 0 Å². The van der Waals surface area contributed by atoms with E-state index in [0.29, 0.717) is 24.7 Å². The molecule has 5 nitrogen and oxygen atoms in total. The molecular formula is C14H14N4O. The van der Waals surface area contributed by atoms with E-state index in [0.717, 1.165) is 11.3 Å². The molecule has 2 aromatic rings. The molecule has 0 unspecified atom stereocenters. The van der Waals surface area contributed by atoms with Crippen LogP contribution >= 0.6 is 0 Å². The molecule has 0 saturated heterocycles. The average Bonchev–Trinajstić information content (AvgIpc) is 2.47. The zero-order valence-corrected chi connectivity index (χ0v) is 10.6. The lowest BCUT2D eigenvalue weighted by molar-refractivity contribution is 0.340. The Kier molecular flexibility index (Phi) is 4.29. The normalized spacial score (nSPS) is 9.68. The van der Waals surface area contributed by atoms with Gasteiger partial charge in [0, 0.05) is 12.6 Å². The van der Waals surface area contributed by atoms with Gasteiger partial charge in [-0.25, -0.2) is 9.97 Å². The van der Waals surface area contributed by atoms with Crippen LogP contribution in [-0.2, 0) is 6.54 Å². The lowest BCUT2D eigenvalue weighted by atomic mass is 10.2. The van der Waals surface area contributed by atoms with Gasteiger partial charge in [0.25, 0.3) is 0 Å². The third-order valence-electron chi connectivity index (χ3n) is 2.49. The van der Waals surface area contributed by atoms with Crippen molar-refractivity contribution in [3.8, 4) is 11.8 Å². The number of rotatable bonds is 5. The first-order valence-electron chi connectivity index (χ1n) is 5.99. The summed E-state index contributed by atoms with van der Waals surface area (Å²) in [5, 5.41) is 11.9. The van der Waals surface area contributed by atoms with E-state index in [9.17, 15) is 0 Å². The van der Waals surface area contributed by atoms with Crippen molar-refractivity contribution >= 4 is 5.82 Å². The third kappa shape index (κ3) is 3.68. The van der Waals surface area contributed by atoms with Crippen LogP contribution in [0.25, 0.3) is 0 Å². The highest BCUT2D eigenvalue weighted by molar-refractivity contribution is 5.40. The first-order chi connectivity index (χ1) is 9.31. The van der Waals surface area contributed by atoms with Crippen LogP contribution in [0.2, 0.25) is 0 Å². The van der Waals surface area contributed by atoms with Crippen LogP contribution in [-0.4, -0.2) is 16.6 Å². The second kappa shape index (κ2) is 6.36. The van der Waals surface area contributed by atoms with Crippen molar-refractivity contribution < 1.29 is 4.74 Å². The summed E-state index contributed by atoms with van der Waals surface area (Å²) in [4.78, 5) is 7.87. The molecule has 19 heavy (non-hydrogen) atoms. The van der Waals surface area contributed by atoms with Crippen molar-refractivity contribution in [3.05, 3.63) is 47.9 Å². The molecule has 0 bridgehead atoms. The van der Waals surface area contributed by atoms with E-state index in [1.165, 1.54) is 6.33 Å². The number of aromatic nitrogens is 2. The first-order valence-corrected chi connectivity index (χ1v) is 5.99. The molecule has 0 radical (unpaired) electrons. The van der Waals surface area contributed by atoms with E-state index in [1.54, 1.807) is 6.07 Å². The highest BCUT2D eigenvalue weighted by Crippen LogP contribution is 2.13. The summed E-state index contributed by atoms with van der Waals surface area (Å²) >= 11 is 0. The molecule has 0 amide bonds. The predicted molar refractivity (Wildman–Crippen MR) is 71.7 cm³/mol. The summed E-state index contributed by atoms with van der Waals surface area (Å²) in [6.07, 6.45) is 1.37. The van der Waals surface area contributed by atoms with Crippen LogP contribution in [0.4, 0.5) is 5.82 Å². The Bertz CT molecular complexity index is 575. The molecule has 0 atom stereocenters. The second-order valence-electron chi connectivity index (χ2n) is 3.83. The van der Waals surface area contributed by atoms with E-state index in [2.05, 4.69) is 15.3 Å². The number of nitrogens with zero attached hydrogens (tertiary/aromatic N) is 3. The number of ether oxygens (including phenoxy) is 1. The molecular weight excluding hydrogens is 240 g/mol. The molecule has 0 fully saturated rings. The van der Waals surface area contributed by atoms with Gasteiger partial charge in [0.05, 0.1) is 6.61 Å². The fourth-order valence-corrected chi connectivity index (χ4v) is 1.58. The van der Waals surface area contributed by atoms with Gasteiger partial charge in [0.1, 0.15) is 29.7 Å². The number of benzene rings is 1. The quantitative estimate of drug-likeness (QED) is 0.886. The van der Waals surface area contributed by atoms with Crippen molar-refractivity contribution in [2.24, 2.45) is 0 Å². The number of anilines is 1.